The van der Waals surface area contributed by atoms with Gasteiger partial charge in [0.1, 0.15) is 0 Å². The number of thiocarbonyl (C=S) groups is 1. The predicted molar refractivity (Wildman–Crippen MR) is 90.9 cm³/mol. The summed E-state index contributed by atoms with van der Waals surface area (Å²) in [6, 6.07) is 14.6. The van der Waals surface area contributed by atoms with Crippen LogP contribution in [0.1, 0.15) is 11.3 Å². The Labute approximate surface area is 131 Å². The Kier molecular flexibility index (Phi) is 5.36. The molecule has 0 amide bonds. The van der Waals surface area contributed by atoms with Crippen LogP contribution in [0.3, 0.4) is 0 Å². The summed E-state index contributed by atoms with van der Waals surface area (Å²) < 4.78 is 1.16. The first-order valence-electron chi connectivity index (χ1n) is 5.97. The molecule has 1 aromatic carbocycles. The first kappa shape index (κ1) is 14.5. The summed E-state index contributed by atoms with van der Waals surface area (Å²) in [5.74, 6) is 0. The number of nitrogens with two attached hydrogens (primary N) is 1. The summed E-state index contributed by atoms with van der Waals surface area (Å²) in [6.45, 7) is 1.72. The molecule has 0 saturated carbocycles. The summed E-state index contributed by atoms with van der Waals surface area (Å²) in [6.07, 6.45) is 0.733. The summed E-state index contributed by atoms with van der Waals surface area (Å²) >= 11 is 10.2. The zero-order valence-electron chi connectivity index (χ0n) is 10.4. The van der Waals surface area contributed by atoms with Crippen molar-refractivity contribution in [3.63, 3.8) is 0 Å². The Hall–Kier alpha value is -0.910. The van der Waals surface area contributed by atoms with E-state index in [9.17, 15) is 0 Å². The first-order chi connectivity index (χ1) is 9.15. The highest BCUT2D eigenvalue weighted by molar-refractivity contribution is 9.11. The van der Waals surface area contributed by atoms with Crippen LogP contribution in [0.5, 0.6) is 0 Å². The second-order valence-electron chi connectivity index (χ2n) is 4.18. The van der Waals surface area contributed by atoms with E-state index < -0.39 is 0 Å². The van der Waals surface area contributed by atoms with E-state index in [1.54, 1.807) is 11.3 Å². The summed E-state index contributed by atoms with van der Waals surface area (Å²) in [5.41, 5.74) is 6.81. The molecule has 5 heteroatoms. The minimum absolute atomic E-state index is 0.563. The molecule has 0 bridgehead atoms. The van der Waals surface area contributed by atoms with E-state index in [4.69, 9.17) is 18.0 Å². The Morgan fingerprint density at radius 2 is 1.95 bits per heavy atom. The Bertz CT molecular complexity index is 539. The number of thiophene rings is 1. The lowest BCUT2D eigenvalue weighted by Gasteiger charge is -2.24. The largest absolute Gasteiger partial charge is 0.393 e. The van der Waals surface area contributed by atoms with Crippen molar-refractivity contribution in [3.8, 4) is 0 Å². The molecule has 0 aliphatic heterocycles. The molecule has 1 heterocycles. The SMILES string of the molecule is NC(=S)CCN(Cc1ccc(Br)s1)c1ccccc1. The van der Waals surface area contributed by atoms with Gasteiger partial charge in [-0.2, -0.15) is 0 Å². The molecule has 0 unspecified atom stereocenters. The van der Waals surface area contributed by atoms with Crippen molar-refractivity contribution in [2.24, 2.45) is 5.73 Å². The predicted octanol–water partition coefficient (Wildman–Crippen LogP) is 4.19. The van der Waals surface area contributed by atoms with Gasteiger partial charge in [-0.3, -0.25) is 0 Å². The fraction of sp³-hybridized carbons (Fsp3) is 0.214. The Morgan fingerprint density at radius 3 is 2.53 bits per heavy atom. The number of para-hydroxylation sites is 1. The van der Waals surface area contributed by atoms with E-state index in [1.807, 2.05) is 18.2 Å². The van der Waals surface area contributed by atoms with Gasteiger partial charge in [0.2, 0.25) is 0 Å². The molecule has 0 saturated heterocycles. The maximum Gasteiger partial charge on any atom is 0.0745 e. The average Bonchev–Trinajstić information content (AvgIpc) is 2.81. The Morgan fingerprint density at radius 1 is 1.21 bits per heavy atom. The van der Waals surface area contributed by atoms with Crippen LogP contribution in [0.4, 0.5) is 5.69 Å². The highest BCUT2D eigenvalue weighted by Crippen LogP contribution is 2.25. The van der Waals surface area contributed by atoms with Gasteiger partial charge in [-0.1, -0.05) is 30.4 Å². The van der Waals surface area contributed by atoms with Crippen LogP contribution in [0.15, 0.2) is 46.3 Å². The minimum atomic E-state index is 0.563. The second kappa shape index (κ2) is 7.03. The zero-order valence-corrected chi connectivity index (χ0v) is 13.6. The molecular formula is C14H15BrN2S2. The standard InChI is InChI=1S/C14H15BrN2S2/c15-13-7-6-12(19-13)10-17(9-8-14(16)18)11-4-2-1-3-5-11/h1-7H,8-10H2,(H2,16,18). The molecule has 0 radical (unpaired) electrons. The molecule has 0 aliphatic rings. The van der Waals surface area contributed by atoms with Gasteiger partial charge in [-0.05, 0) is 40.2 Å². The van der Waals surface area contributed by atoms with E-state index in [0.29, 0.717) is 4.99 Å². The van der Waals surface area contributed by atoms with Crippen molar-refractivity contribution >= 4 is 50.2 Å². The molecule has 2 N–H and O–H groups in total. The molecule has 2 nitrogen and oxygen atoms in total. The average molecular weight is 355 g/mol. The third-order valence-electron chi connectivity index (χ3n) is 2.73. The number of nitrogens with zero attached hydrogens (tertiary/aromatic N) is 1. The number of hydrogen-bond donors (Lipinski definition) is 1. The van der Waals surface area contributed by atoms with Gasteiger partial charge >= 0.3 is 0 Å². The molecule has 2 rings (SSSR count). The fourth-order valence-electron chi connectivity index (χ4n) is 1.81. The van der Waals surface area contributed by atoms with Gasteiger partial charge in [0.25, 0.3) is 0 Å². The van der Waals surface area contributed by atoms with Crippen LogP contribution in [-0.4, -0.2) is 11.5 Å². The number of rotatable bonds is 6. The molecular weight excluding hydrogens is 340 g/mol. The van der Waals surface area contributed by atoms with Gasteiger partial charge < -0.3 is 10.6 Å². The van der Waals surface area contributed by atoms with Gasteiger partial charge in [0, 0.05) is 23.5 Å². The quantitative estimate of drug-likeness (QED) is 0.788. The van der Waals surface area contributed by atoms with E-state index in [0.717, 1.165) is 23.3 Å². The molecule has 100 valence electrons. The first-order valence-corrected chi connectivity index (χ1v) is 7.99. The third-order valence-corrected chi connectivity index (χ3v) is 4.54. The molecule has 0 aliphatic carbocycles. The van der Waals surface area contributed by atoms with Crippen LogP contribution >= 0.6 is 39.5 Å². The summed E-state index contributed by atoms with van der Waals surface area (Å²) in [4.78, 5) is 4.18. The van der Waals surface area contributed by atoms with Crippen LogP contribution in [0.25, 0.3) is 0 Å². The van der Waals surface area contributed by atoms with Crippen LogP contribution in [0.2, 0.25) is 0 Å². The maximum absolute atomic E-state index is 5.62. The van der Waals surface area contributed by atoms with Gasteiger partial charge in [0.05, 0.1) is 15.3 Å². The number of hydrogen-bond acceptors (Lipinski definition) is 3. The van der Waals surface area contributed by atoms with Crippen molar-refractivity contribution in [2.45, 2.75) is 13.0 Å². The van der Waals surface area contributed by atoms with E-state index in [2.05, 4.69) is 45.1 Å². The van der Waals surface area contributed by atoms with Crippen molar-refractivity contribution in [2.75, 3.05) is 11.4 Å². The monoisotopic (exact) mass is 354 g/mol. The topological polar surface area (TPSA) is 29.3 Å². The lowest BCUT2D eigenvalue weighted by atomic mass is 10.2. The normalized spacial score (nSPS) is 10.4. The highest BCUT2D eigenvalue weighted by Gasteiger charge is 2.09. The molecule has 2 aromatic rings. The Balaban J connectivity index is 2.12. The van der Waals surface area contributed by atoms with E-state index in [1.165, 1.54) is 10.6 Å². The number of halogens is 1. The molecule has 0 fully saturated rings. The van der Waals surface area contributed by atoms with Crippen molar-refractivity contribution in [1.29, 1.82) is 0 Å². The van der Waals surface area contributed by atoms with Crippen molar-refractivity contribution < 1.29 is 0 Å². The number of anilines is 1. The highest BCUT2D eigenvalue weighted by atomic mass is 79.9. The number of benzene rings is 1. The molecule has 19 heavy (non-hydrogen) atoms. The summed E-state index contributed by atoms with van der Waals surface area (Å²) in [7, 11) is 0. The smallest absolute Gasteiger partial charge is 0.0745 e. The third kappa shape index (κ3) is 4.60. The van der Waals surface area contributed by atoms with Crippen molar-refractivity contribution in [1.82, 2.24) is 0 Å². The van der Waals surface area contributed by atoms with Gasteiger partial charge in [-0.25, -0.2) is 0 Å². The van der Waals surface area contributed by atoms with E-state index in [-0.39, 0.29) is 0 Å². The molecule has 0 atom stereocenters. The van der Waals surface area contributed by atoms with Crippen molar-refractivity contribution in [3.05, 3.63) is 51.1 Å². The molecule has 0 spiro atoms. The molecule has 1 aromatic heterocycles. The van der Waals surface area contributed by atoms with Gasteiger partial charge in [0.15, 0.2) is 0 Å². The van der Waals surface area contributed by atoms with Gasteiger partial charge in [-0.15, -0.1) is 11.3 Å². The lowest BCUT2D eigenvalue weighted by molar-refractivity contribution is 0.816. The van der Waals surface area contributed by atoms with Crippen LogP contribution in [0, 0.1) is 0 Å². The van der Waals surface area contributed by atoms with Crippen LogP contribution < -0.4 is 10.6 Å². The fourth-order valence-corrected chi connectivity index (χ4v) is 3.40. The van der Waals surface area contributed by atoms with E-state index >= 15 is 0 Å². The second-order valence-corrected chi connectivity index (χ2v) is 7.25. The maximum atomic E-state index is 5.62. The lowest BCUT2D eigenvalue weighted by Crippen LogP contribution is -2.26. The minimum Gasteiger partial charge on any atom is -0.393 e. The van der Waals surface area contributed by atoms with Crippen LogP contribution in [-0.2, 0) is 6.54 Å². The summed E-state index contributed by atoms with van der Waals surface area (Å²) in [5, 5.41) is 0. The zero-order chi connectivity index (χ0) is 13.7.